The fraction of sp³-hybridized carbons (Fsp3) is 0.567. The smallest absolute Gasteiger partial charge is 0.136 e. The maximum absolute atomic E-state index is 15.1. The summed E-state index contributed by atoms with van der Waals surface area (Å²) in [6.07, 6.45) is 7.28. The number of alkyl halides is 2. The number of rotatable bonds is 12. The third-order valence-corrected chi connectivity index (χ3v) is 7.28. The molecule has 34 heavy (non-hydrogen) atoms. The lowest BCUT2D eigenvalue weighted by Gasteiger charge is -2.32. The highest BCUT2D eigenvalue weighted by atomic mass is 19.1. The van der Waals surface area contributed by atoms with Gasteiger partial charge in [0.1, 0.15) is 11.3 Å². The van der Waals surface area contributed by atoms with E-state index in [9.17, 15) is 0 Å². The van der Waals surface area contributed by atoms with E-state index in [1.54, 1.807) is 6.07 Å². The Morgan fingerprint density at radius 3 is 1.91 bits per heavy atom. The average Bonchev–Trinajstić information content (AvgIpc) is 3.77. The maximum Gasteiger partial charge on any atom is 0.136 e. The van der Waals surface area contributed by atoms with Crippen LogP contribution >= 0.6 is 0 Å². The van der Waals surface area contributed by atoms with Crippen molar-refractivity contribution in [3.63, 3.8) is 0 Å². The SMILES string of the molecule is CC#N.CCCN(CCc1ccccc1)C(CC)CCc1c(C2(F)CC2)cccc1C1(F)CC1. The molecule has 0 heterocycles. The van der Waals surface area contributed by atoms with Crippen LogP contribution in [0.4, 0.5) is 8.78 Å². The van der Waals surface area contributed by atoms with Gasteiger partial charge < -0.3 is 4.90 Å². The van der Waals surface area contributed by atoms with Crippen LogP contribution in [0.2, 0.25) is 0 Å². The number of halogens is 2. The molecule has 0 N–H and O–H groups in total. The van der Waals surface area contributed by atoms with Gasteiger partial charge >= 0.3 is 0 Å². The number of hydrogen-bond acceptors (Lipinski definition) is 2. The second-order valence-corrected chi connectivity index (χ2v) is 9.86. The molecule has 0 aliphatic heterocycles. The van der Waals surface area contributed by atoms with Gasteiger partial charge in [0.2, 0.25) is 0 Å². The first-order chi connectivity index (χ1) is 16.4. The molecule has 4 heteroatoms. The van der Waals surface area contributed by atoms with Crippen LogP contribution in [0.3, 0.4) is 0 Å². The summed E-state index contributed by atoms with van der Waals surface area (Å²) in [5.41, 5.74) is 1.46. The lowest BCUT2D eigenvalue weighted by Crippen LogP contribution is -2.37. The molecule has 0 amide bonds. The predicted molar refractivity (Wildman–Crippen MR) is 136 cm³/mol. The first-order valence-corrected chi connectivity index (χ1v) is 13.0. The van der Waals surface area contributed by atoms with Gasteiger partial charge in [-0.3, -0.25) is 0 Å². The van der Waals surface area contributed by atoms with Crippen LogP contribution in [0.15, 0.2) is 48.5 Å². The molecule has 0 saturated heterocycles. The van der Waals surface area contributed by atoms with Crippen LogP contribution in [0.25, 0.3) is 0 Å². The predicted octanol–water partition coefficient (Wildman–Crippen LogP) is 7.80. The van der Waals surface area contributed by atoms with Crippen molar-refractivity contribution in [1.82, 2.24) is 4.90 Å². The Labute approximate surface area is 205 Å². The van der Waals surface area contributed by atoms with E-state index in [0.717, 1.165) is 61.9 Å². The molecule has 0 bridgehead atoms. The van der Waals surface area contributed by atoms with E-state index in [-0.39, 0.29) is 0 Å². The summed E-state index contributed by atoms with van der Waals surface area (Å²) >= 11 is 0. The molecule has 2 aromatic carbocycles. The lowest BCUT2D eigenvalue weighted by atomic mass is 9.88. The summed E-state index contributed by atoms with van der Waals surface area (Å²) in [5, 5.41) is 7.32. The molecule has 4 rings (SSSR count). The van der Waals surface area contributed by atoms with Crippen LogP contribution in [0.1, 0.15) is 88.0 Å². The van der Waals surface area contributed by atoms with Crippen LogP contribution in [-0.2, 0) is 24.2 Å². The van der Waals surface area contributed by atoms with Gasteiger partial charge in [0.25, 0.3) is 0 Å². The molecular weight excluding hydrogens is 426 g/mol. The van der Waals surface area contributed by atoms with Gasteiger partial charge in [-0.05, 0) is 86.6 Å². The monoisotopic (exact) mass is 466 g/mol. The Kier molecular flexibility index (Phi) is 9.25. The van der Waals surface area contributed by atoms with Gasteiger partial charge in [-0.25, -0.2) is 8.78 Å². The summed E-state index contributed by atoms with van der Waals surface area (Å²) in [6, 6.07) is 18.5. The van der Waals surface area contributed by atoms with E-state index in [2.05, 4.69) is 49.1 Å². The van der Waals surface area contributed by atoms with Crippen molar-refractivity contribution in [3.8, 4) is 6.07 Å². The zero-order valence-corrected chi connectivity index (χ0v) is 21.1. The van der Waals surface area contributed by atoms with Crippen LogP contribution in [0.5, 0.6) is 0 Å². The Balaban J connectivity index is 0.00000103. The fourth-order valence-corrected chi connectivity index (χ4v) is 5.09. The minimum atomic E-state index is -1.21. The maximum atomic E-state index is 15.1. The molecule has 2 aromatic rings. The van der Waals surface area contributed by atoms with Crippen molar-refractivity contribution in [2.75, 3.05) is 13.1 Å². The second kappa shape index (κ2) is 11.9. The number of nitrogens with zero attached hydrogens (tertiary/aromatic N) is 2. The van der Waals surface area contributed by atoms with Gasteiger partial charge in [-0.1, -0.05) is 62.4 Å². The highest BCUT2D eigenvalue weighted by molar-refractivity contribution is 5.46. The first-order valence-electron chi connectivity index (χ1n) is 13.0. The van der Waals surface area contributed by atoms with Gasteiger partial charge in [0.05, 0.1) is 6.07 Å². The van der Waals surface area contributed by atoms with Gasteiger partial charge in [-0.2, -0.15) is 5.26 Å². The highest BCUT2D eigenvalue weighted by Gasteiger charge is 2.50. The average molecular weight is 467 g/mol. The molecule has 2 fully saturated rings. The molecule has 2 aliphatic carbocycles. The largest absolute Gasteiger partial charge is 0.300 e. The Morgan fingerprint density at radius 2 is 1.44 bits per heavy atom. The summed E-state index contributed by atoms with van der Waals surface area (Å²) in [6.45, 7) is 8.01. The van der Waals surface area contributed by atoms with Gasteiger partial charge in [-0.15, -0.1) is 0 Å². The van der Waals surface area contributed by atoms with Crippen molar-refractivity contribution >= 4 is 0 Å². The van der Waals surface area contributed by atoms with Gasteiger partial charge in [0.15, 0.2) is 0 Å². The first kappa shape index (κ1) is 26.4. The molecule has 0 spiro atoms. The van der Waals surface area contributed by atoms with E-state index in [1.807, 2.05) is 18.2 Å². The second-order valence-electron chi connectivity index (χ2n) is 9.86. The normalized spacial score (nSPS) is 17.9. The summed E-state index contributed by atoms with van der Waals surface area (Å²) in [5.74, 6) is 0. The summed E-state index contributed by atoms with van der Waals surface area (Å²) in [4.78, 5) is 2.60. The Hall–Kier alpha value is -2.25. The number of nitriles is 1. The highest BCUT2D eigenvalue weighted by Crippen LogP contribution is 2.56. The van der Waals surface area contributed by atoms with Crippen LogP contribution < -0.4 is 0 Å². The molecule has 184 valence electrons. The molecule has 0 radical (unpaired) electrons. The van der Waals surface area contributed by atoms with E-state index >= 15 is 8.78 Å². The third kappa shape index (κ3) is 6.66. The van der Waals surface area contributed by atoms with Crippen molar-refractivity contribution in [2.24, 2.45) is 0 Å². The van der Waals surface area contributed by atoms with Crippen molar-refractivity contribution < 1.29 is 8.78 Å². The summed E-state index contributed by atoms with van der Waals surface area (Å²) in [7, 11) is 0. The lowest BCUT2D eigenvalue weighted by molar-refractivity contribution is 0.183. The molecule has 0 aromatic heterocycles. The molecule has 1 atom stereocenters. The Bertz CT molecular complexity index is 906. The van der Waals surface area contributed by atoms with E-state index < -0.39 is 11.3 Å². The van der Waals surface area contributed by atoms with E-state index in [4.69, 9.17) is 5.26 Å². The van der Waals surface area contributed by atoms with E-state index in [0.29, 0.717) is 31.7 Å². The fourth-order valence-electron chi connectivity index (χ4n) is 5.09. The standard InChI is InChI=1S/C28H37F2N.C2H3N/c1-3-20-31(21-15-22-9-6-5-7-10-22)23(4-2)13-14-24-25(27(29)16-17-27)11-8-12-26(24)28(30)18-19-28;1-2-3/h5-12,23H,3-4,13-21H2,1-2H3;1H3. The molecular formula is C30H40F2N2. The van der Waals surface area contributed by atoms with E-state index in [1.165, 1.54) is 12.5 Å². The summed E-state index contributed by atoms with van der Waals surface area (Å²) < 4.78 is 30.3. The zero-order chi connectivity index (χ0) is 24.6. The van der Waals surface area contributed by atoms with Crippen molar-refractivity contribution in [2.45, 2.75) is 95.9 Å². The van der Waals surface area contributed by atoms with Gasteiger partial charge in [0, 0.05) is 19.5 Å². The third-order valence-electron chi connectivity index (χ3n) is 7.28. The molecule has 1 unspecified atom stereocenters. The van der Waals surface area contributed by atoms with Crippen molar-refractivity contribution in [3.05, 3.63) is 70.8 Å². The topological polar surface area (TPSA) is 27.0 Å². The number of hydrogen-bond donors (Lipinski definition) is 0. The molecule has 2 nitrogen and oxygen atoms in total. The quantitative estimate of drug-likeness (QED) is 0.319. The molecule has 2 saturated carbocycles. The van der Waals surface area contributed by atoms with Crippen LogP contribution in [0, 0.1) is 11.3 Å². The number of benzene rings is 2. The Morgan fingerprint density at radius 1 is 0.882 bits per heavy atom. The molecule has 2 aliphatic rings. The minimum absolute atomic E-state index is 0.439. The van der Waals surface area contributed by atoms with Crippen LogP contribution in [-0.4, -0.2) is 24.0 Å². The minimum Gasteiger partial charge on any atom is -0.300 e. The van der Waals surface area contributed by atoms with Crippen molar-refractivity contribution in [1.29, 1.82) is 5.26 Å². The zero-order valence-electron chi connectivity index (χ0n) is 21.1.